The number of hydrazine groups is 1. The van der Waals surface area contributed by atoms with E-state index in [4.69, 9.17) is 5.84 Å². The summed E-state index contributed by atoms with van der Waals surface area (Å²) >= 11 is 0. The van der Waals surface area contributed by atoms with Crippen molar-refractivity contribution >= 4 is 0 Å². The Bertz CT molecular complexity index is 360. The summed E-state index contributed by atoms with van der Waals surface area (Å²) in [5.74, 6) is 7.10. The minimum absolute atomic E-state index is 0.432. The van der Waals surface area contributed by atoms with Gasteiger partial charge in [-0.05, 0) is 42.7 Å². The van der Waals surface area contributed by atoms with Crippen molar-refractivity contribution in [2.45, 2.75) is 51.5 Å². The van der Waals surface area contributed by atoms with Gasteiger partial charge in [-0.15, -0.1) is 0 Å². The fraction of sp³-hybridized carbons (Fsp3) is 0.600. The van der Waals surface area contributed by atoms with Gasteiger partial charge >= 0.3 is 0 Å². The lowest BCUT2D eigenvalue weighted by atomic mass is 9.89. The molecule has 0 aromatic heterocycles. The van der Waals surface area contributed by atoms with Gasteiger partial charge in [0, 0.05) is 12.0 Å². The summed E-state index contributed by atoms with van der Waals surface area (Å²) in [6, 6.07) is 9.24. The lowest BCUT2D eigenvalue weighted by Crippen LogP contribution is -2.39. The highest BCUT2D eigenvalue weighted by Gasteiger charge is 2.28. The maximum Gasteiger partial charge on any atom is 0.0279 e. The normalized spacial score (nSPS) is 20.6. The number of benzene rings is 1. The molecule has 2 heteroatoms. The minimum atomic E-state index is 0.432. The summed E-state index contributed by atoms with van der Waals surface area (Å²) in [5.41, 5.74) is 6.07. The molecule has 0 saturated carbocycles. The fourth-order valence-corrected chi connectivity index (χ4v) is 2.92. The van der Waals surface area contributed by atoms with Gasteiger partial charge < -0.3 is 0 Å². The van der Waals surface area contributed by atoms with Gasteiger partial charge in [-0.1, -0.05) is 38.1 Å². The van der Waals surface area contributed by atoms with Gasteiger partial charge in [0.2, 0.25) is 0 Å². The molecule has 0 amide bonds. The molecule has 94 valence electrons. The van der Waals surface area contributed by atoms with Gasteiger partial charge in [0.05, 0.1) is 0 Å². The van der Waals surface area contributed by atoms with Crippen LogP contribution in [0.15, 0.2) is 24.3 Å². The predicted molar refractivity (Wildman–Crippen MR) is 72.7 cm³/mol. The first-order chi connectivity index (χ1) is 8.22. The molecule has 0 spiro atoms. The maximum absolute atomic E-state index is 5.75. The van der Waals surface area contributed by atoms with Crippen molar-refractivity contribution in [2.75, 3.05) is 0 Å². The second kappa shape index (κ2) is 5.65. The number of fused-ring (bicyclic) bond motifs is 1. The van der Waals surface area contributed by atoms with E-state index in [1.54, 1.807) is 0 Å². The van der Waals surface area contributed by atoms with Crippen LogP contribution in [0.25, 0.3) is 0 Å². The quantitative estimate of drug-likeness (QED) is 0.605. The van der Waals surface area contributed by atoms with Crippen LogP contribution in [0.1, 0.15) is 50.2 Å². The molecule has 1 aliphatic rings. The highest BCUT2D eigenvalue weighted by Crippen LogP contribution is 2.36. The van der Waals surface area contributed by atoms with E-state index < -0.39 is 0 Å². The zero-order chi connectivity index (χ0) is 12.3. The van der Waals surface area contributed by atoms with Crippen molar-refractivity contribution in [3.8, 4) is 0 Å². The third-order valence-electron chi connectivity index (χ3n) is 3.93. The van der Waals surface area contributed by atoms with Gasteiger partial charge in [0.15, 0.2) is 0 Å². The highest BCUT2D eigenvalue weighted by molar-refractivity contribution is 5.35. The van der Waals surface area contributed by atoms with Crippen LogP contribution in [0.3, 0.4) is 0 Å². The lowest BCUT2D eigenvalue weighted by Gasteiger charge is -2.24. The topological polar surface area (TPSA) is 38.0 Å². The summed E-state index contributed by atoms with van der Waals surface area (Å²) in [7, 11) is 0. The van der Waals surface area contributed by atoms with Crippen LogP contribution in [0.4, 0.5) is 0 Å². The first-order valence-corrected chi connectivity index (χ1v) is 6.76. The summed E-state index contributed by atoms with van der Waals surface area (Å²) in [5, 5.41) is 0. The number of hydrogen-bond donors (Lipinski definition) is 2. The Morgan fingerprint density at radius 3 is 2.76 bits per heavy atom. The molecule has 2 nitrogen and oxygen atoms in total. The van der Waals surface area contributed by atoms with Crippen LogP contribution >= 0.6 is 0 Å². The first kappa shape index (κ1) is 12.6. The number of nitrogens with two attached hydrogens (primary N) is 1. The molecule has 0 radical (unpaired) electrons. The molecular formula is C15H24N2. The monoisotopic (exact) mass is 232 g/mol. The maximum atomic E-state index is 5.75. The highest BCUT2D eigenvalue weighted by atomic mass is 15.2. The molecule has 0 heterocycles. The molecule has 1 aliphatic carbocycles. The fourth-order valence-electron chi connectivity index (χ4n) is 2.92. The van der Waals surface area contributed by atoms with Crippen LogP contribution in [0.5, 0.6) is 0 Å². The van der Waals surface area contributed by atoms with E-state index in [1.807, 2.05) is 0 Å². The standard InChI is InChI=1S/C15H24N2/c1-11(2)7-10-15(17-16)14-9-8-12-5-3-4-6-13(12)14/h3-6,11,14-15,17H,7-10,16H2,1-2H3. The molecule has 17 heavy (non-hydrogen) atoms. The average molecular weight is 232 g/mol. The van der Waals surface area contributed by atoms with E-state index in [2.05, 4.69) is 43.5 Å². The molecule has 2 rings (SSSR count). The number of rotatable bonds is 5. The number of aryl methyl sites for hydroxylation is 1. The van der Waals surface area contributed by atoms with Crippen molar-refractivity contribution in [3.63, 3.8) is 0 Å². The Kier molecular flexibility index (Phi) is 4.19. The van der Waals surface area contributed by atoms with E-state index >= 15 is 0 Å². The second-order valence-corrected chi connectivity index (χ2v) is 5.59. The van der Waals surface area contributed by atoms with E-state index in [0.29, 0.717) is 12.0 Å². The van der Waals surface area contributed by atoms with Crippen LogP contribution in [0.2, 0.25) is 0 Å². The molecule has 2 atom stereocenters. The van der Waals surface area contributed by atoms with Gasteiger partial charge in [-0.3, -0.25) is 11.3 Å². The van der Waals surface area contributed by atoms with Gasteiger partial charge in [0.25, 0.3) is 0 Å². The van der Waals surface area contributed by atoms with Crippen molar-refractivity contribution in [2.24, 2.45) is 11.8 Å². The molecule has 1 aromatic rings. The van der Waals surface area contributed by atoms with Crippen LogP contribution < -0.4 is 11.3 Å². The summed E-state index contributed by atoms with van der Waals surface area (Å²) in [6.45, 7) is 4.55. The smallest absolute Gasteiger partial charge is 0.0279 e. The Morgan fingerprint density at radius 1 is 1.29 bits per heavy atom. The van der Waals surface area contributed by atoms with Crippen LogP contribution in [-0.4, -0.2) is 6.04 Å². The Balaban J connectivity index is 2.06. The van der Waals surface area contributed by atoms with E-state index in [9.17, 15) is 0 Å². The predicted octanol–water partition coefficient (Wildman–Crippen LogP) is 2.98. The lowest BCUT2D eigenvalue weighted by molar-refractivity contribution is 0.379. The van der Waals surface area contributed by atoms with Gasteiger partial charge in [0.1, 0.15) is 0 Å². The molecule has 1 aromatic carbocycles. The average Bonchev–Trinajstić information content (AvgIpc) is 2.74. The Hall–Kier alpha value is -0.860. The first-order valence-electron chi connectivity index (χ1n) is 6.76. The van der Waals surface area contributed by atoms with E-state index in [1.165, 1.54) is 36.8 Å². The van der Waals surface area contributed by atoms with Crippen LogP contribution in [-0.2, 0) is 6.42 Å². The molecule has 0 saturated heterocycles. The molecule has 0 aliphatic heterocycles. The SMILES string of the molecule is CC(C)CCC(NN)C1CCc2ccccc21. The van der Waals surface area contributed by atoms with Gasteiger partial charge in [-0.25, -0.2) is 0 Å². The Morgan fingerprint density at radius 2 is 2.06 bits per heavy atom. The van der Waals surface area contributed by atoms with Crippen molar-refractivity contribution in [1.82, 2.24) is 5.43 Å². The molecule has 0 fully saturated rings. The molecule has 3 N–H and O–H groups in total. The molecular weight excluding hydrogens is 208 g/mol. The van der Waals surface area contributed by atoms with Crippen LogP contribution in [0, 0.1) is 5.92 Å². The number of hydrogen-bond acceptors (Lipinski definition) is 2. The third-order valence-corrected chi connectivity index (χ3v) is 3.93. The van der Waals surface area contributed by atoms with Crippen molar-refractivity contribution in [1.29, 1.82) is 0 Å². The second-order valence-electron chi connectivity index (χ2n) is 5.59. The van der Waals surface area contributed by atoms with Crippen molar-refractivity contribution in [3.05, 3.63) is 35.4 Å². The number of nitrogens with one attached hydrogen (secondary N) is 1. The Labute approximate surface area is 105 Å². The zero-order valence-electron chi connectivity index (χ0n) is 10.9. The zero-order valence-corrected chi connectivity index (χ0v) is 10.9. The molecule has 2 unspecified atom stereocenters. The summed E-state index contributed by atoms with van der Waals surface area (Å²) in [6.07, 6.45) is 4.87. The summed E-state index contributed by atoms with van der Waals surface area (Å²) in [4.78, 5) is 0. The van der Waals surface area contributed by atoms with E-state index in [0.717, 1.165) is 5.92 Å². The minimum Gasteiger partial charge on any atom is -0.271 e. The third kappa shape index (κ3) is 2.88. The van der Waals surface area contributed by atoms with Crippen molar-refractivity contribution < 1.29 is 0 Å². The largest absolute Gasteiger partial charge is 0.271 e. The summed E-state index contributed by atoms with van der Waals surface area (Å²) < 4.78 is 0. The van der Waals surface area contributed by atoms with Gasteiger partial charge in [-0.2, -0.15) is 0 Å². The van der Waals surface area contributed by atoms with E-state index in [-0.39, 0.29) is 0 Å². The molecule has 0 bridgehead atoms.